The minimum Gasteiger partial charge on any atom is -0.493 e. The first-order valence-corrected chi connectivity index (χ1v) is 9.77. The number of benzene rings is 2. The standard InChI is InChI=1S/C18H18N2O8S/c1-26-15-5-3-11(7-16(15)27-2)19-29(24,25)12-4-6-14-13(8-12)20(9-18(22)23)17(21)10-28-14/h3-8,19H,9-10H2,1-2H3,(H,22,23). The van der Waals surface area contributed by atoms with E-state index in [0.29, 0.717) is 11.5 Å². The highest BCUT2D eigenvalue weighted by Crippen LogP contribution is 2.35. The number of carboxylic acids is 1. The van der Waals surface area contributed by atoms with E-state index in [9.17, 15) is 18.0 Å². The fraction of sp³-hybridized carbons (Fsp3) is 0.222. The Morgan fingerprint density at radius 1 is 1.17 bits per heavy atom. The minimum atomic E-state index is -4.05. The number of hydrogen-bond donors (Lipinski definition) is 2. The largest absolute Gasteiger partial charge is 0.493 e. The van der Waals surface area contributed by atoms with Crippen LogP contribution in [0.5, 0.6) is 17.2 Å². The Balaban J connectivity index is 1.95. The van der Waals surface area contributed by atoms with Crippen LogP contribution in [0.3, 0.4) is 0 Å². The number of carbonyl (C=O) groups is 2. The summed E-state index contributed by atoms with van der Waals surface area (Å²) in [6, 6.07) is 8.37. The molecule has 2 aromatic rings. The quantitative estimate of drug-likeness (QED) is 0.683. The van der Waals surface area contributed by atoms with E-state index in [2.05, 4.69) is 4.72 Å². The third-order valence-electron chi connectivity index (χ3n) is 4.11. The number of anilines is 2. The third kappa shape index (κ3) is 4.19. The summed E-state index contributed by atoms with van der Waals surface area (Å²) in [5.41, 5.74) is 0.300. The van der Waals surface area contributed by atoms with Gasteiger partial charge in [-0.25, -0.2) is 8.42 Å². The van der Waals surface area contributed by atoms with Crippen LogP contribution in [0, 0.1) is 0 Å². The molecule has 0 radical (unpaired) electrons. The van der Waals surface area contributed by atoms with Gasteiger partial charge < -0.3 is 19.3 Å². The van der Waals surface area contributed by atoms with Crippen LogP contribution in [0.25, 0.3) is 0 Å². The Labute approximate surface area is 166 Å². The summed E-state index contributed by atoms with van der Waals surface area (Å²) >= 11 is 0. The minimum absolute atomic E-state index is 0.0684. The van der Waals surface area contributed by atoms with Crippen molar-refractivity contribution >= 4 is 33.3 Å². The maximum atomic E-state index is 12.8. The number of carbonyl (C=O) groups excluding carboxylic acids is 1. The Morgan fingerprint density at radius 2 is 1.90 bits per heavy atom. The molecular weight excluding hydrogens is 404 g/mol. The van der Waals surface area contributed by atoms with Crippen LogP contribution in [-0.2, 0) is 19.6 Å². The number of ether oxygens (including phenoxy) is 3. The van der Waals surface area contributed by atoms with Gasteiger partial charge in [-0.3, -0.25) is 19.2 Å². The van der Waals surface area contributed by atoms with Crippen molar-refractivity contribution in [2.75, 3.05) is 37.0 Å². The second kappa shape index (κ2) is 7.87. The normalized spacial score (nSPS) is 13.3. The van der Waals surface area contributed by atoms with Gasteiger partial charge in [-0.05, 0) is 30.3 Å². The molecule has 0 aromatic heterocycles. The maximum absolute atomic E-state index is 12.8. The summed E-state index contributed by atoms with van der Waals surface area (Å²) < 4.78 is 43.6. The van der Waals surface area contributed by atoms with Gasteiger partial charge in [-0.15, -0.1) is 0 Å². The number of hydrogen-bond acceptors (Lipinski definition) is 7. The molecule has 2 N–H and O–H groups in total. The van der Waals surface area contributed by atoms with Crippen LogP contribution < -0.4 is 23.8 Å². The Hall–Kier alpha value is -3.47. The zero-order chi connectivity index (χ0) is 21.2. The third-order valence-corrected chi connectivity index (χ3v) is 5.49. The van der Waals surface area contributed by atoms with Crippen molar-refractivity contribution in [3.05, 3.63) is 36.4 Å². The number of rotatable bonds is 7. The van der Waals surface area contributed by atoms with Gasteiger partial charge in [-0.1, -0.05) is 0 Å². The fourth-order valence-corrected chi connectivity index (χ4v) is 3.84. The predicted octanol–water partition coefficient (Wildman–Crippen LogP) is 1.31. The van der Waals surface area contributed by atoms with E-state index in [1.165, 1.54) is 44.6 Å². The van der Waals surface area contributed by atoms with Crippen molar-refractivity contribution in [2.24, 2.45) is 0 Å². The molecule has 0 fully saturated rings. The highest BCUT2D eigenvalue weighted by molar-refractivity contribution is 7.92. The lowest BCUT2D eigenvalue weighted by Gasteiger charge is -2.28. The SMILES string of the molecule is COc1ccc(NS(=O)(=O)c2ccc3c(c2)N(CC(=O)O)C(=O)CO3)cc1OC. The van der Waals surface area contributed by atoms with Crippen molar-refractivity contribution < 1.29 is 37.3 Å². The average Bonchev–Trinajstić information content (AvgIpc) is 2.69. The fourth-order valence-electron chi connectivity index (χ4n) is 2.77. The van der Waals surface area contributed by atoms with E-state index in [-0.39, 0.29) is 28.6 Å². The van der Waals surface area contributed by atoms with Gasteiger partial charge in [0, 0.05) is 6.07 Å². The lowest BCUT2D eigenvalue weighted by molar-refractivity contribution is -0.137. The van der Waals surface area contributed by atoms with Crippen LogP contribution in [0.15, 0.2) is 41.3 Å². The van der Waals surface area contributed by atoms with Crippen LogP contribution in [0.4, 0.5) is 11.4 Å². The smallest absolute Gasteiger partial charge is 0.323 e. The van der Waals surface area contributed by atoms with Crippen molar-refractivity contribution in [1.29, 1.82) is 0 Å². The molecule has 1 aliphatic heterocycles. The molecule has 1 heterocycles. The van der Waals surface area contributed by atoms with Gasteiger partial charge in [0.1, 0.15) is 12.3 Å². The van der Waals surface area contributed by atoms with E-state index < -0.39 is 28.4 Å². The van der Waals surface area contributed by atoms with E-state index in [0.717, 1.165) is 4.90 Å². The molecule has 0 bridgehead atoms. The van der Waals surface area contributed by atoms with E-state index in [1.54, 1.807) is 6.07 Å². The van der Waals surface area contributed by atoms with Crippen molar-refractivity contribution in [3.8, 4) is 17.2 Å². The Morgan fingerprint density at radius 3 is 2.55 bits per heavy atom. The number of methoxy groups -OCH3 is 2. The highest BCUT2D eigenvalue weighted by Gasteiger charge is 2.29. The molecule has 10 nitrogen and oxygen atoms in total. The van der Waals surface area contributed by atoms with Crippen molar-refractivity contribution in [2.45, 2.75) is 4.90 Å². The van der Waals surface area contributed by atoms with Gasteiger partial charge in [0.05, 0.1) is 30.5 Å². The number of sulfonamides is 1. The molecule has 1 aliphatic rings. The monoisotopic (exact) mass is 422 g/mol. The van der Waals surface area contributed by atoms with Crippen molar-refractivity contribution in [3.63, 3.8) is 0 Å². The molecule has 0 atom stereocenters. The lowest BCUT2D eigenvalue weighted by atomic mass is 10.2. The first-order chi connectivity index (χ1) is 13.7. The molecule has 3 rings (SSSR count). The highest BCUT2D eigenvalue weighted by atomic mass is 32.2. The zero-order valence-corrected chi connectivity index (χ0v) is 16.4. The number of nitrogens with zero attached hydrogens (tertiary/aromatic N) is 1. The topological polar surface area (TPSA) is 131 Å². The number of amides is 1. The zero-order valence-electron chi connectivity index (χ0n) is 15.5. The Kier molecular flexibility index (Phi) is 5.50. The Bertz CT molecular complexity index is 1070. The molecule has 154 valence electrons. The summed E-state index contributed by atoms with van der Waals surface area (Å²) in [6.45, 7) is -0.932. The summed E-state index contributed by atoms with van der Waals surface area (Å²) in [4.78, 5) is 23.9. The predicted molar refractivity (Wildman–Crippen MR) is 102 cm³/mol. The van der Waals surface area contributed by atoms with Gasteiger partial charge in [0.15, 0.2) is 18.1 Å². The van der Waals surface area contributed by atoms with Gasteiger partial charge in [0.25, 0.3) is 15.9 Å². The molecule has 0 saturated heterocycles. The summed E-state index contributed by atoms with van der Waals surface area (Å²) in [5, 5.41) is 9.04. The number of nitrogens with one attached hydrogen (secondary N) is 1. The van der Waals surface area contributed by atoms with Crippen LogP contribution in [-0.4, -0.2) is 52.8 Å². The maximum Gasteiger partial charge on any atom is 0.323 e. The number of carboxylic acid groups (broad SMARTS) is 1. The first-order valence-electron chi connectivity index (χ1n) is 8.29. The second-order valence-corrected chi connectivity index (χ2v) is 7.65. The van der Waals surface area contributed by atoms with Crippen molar-refractivity contribution in [1.82, 2.24) is 0 Å². The van der Waals surface area contributed by atoms with Gasteiger partial charge in [0.2, 0.25) is 0 Å². The lowest BCUT2D eigenvalue weighted by Crippen LogP contribution is -2.42. The molecule has 0 aliphatic carbocycles. The second-order valence-electron chi connectivity index (χ2n) is 5.97. The van der Waals surface area contributed by atoms with Gasteiger partial charge in [-0.2, -0.15) is 0 Å². The molecule has 0 spiro atoms. The van der Waals surface area contributed by atoms with Crippen LogP contribution in [0.1, 0.15) is 0 Å². The molecule has 2 aromatic carbocycles. The van der Waals surface area contributed by atoms with E-state index in [4.69, 9.17) is 19.3 Å². The summed E-state index contributed by atoms with van der Waals surface area (Å²) in [6.07, 6.45) is 0. The van der Waals surface area contributed by atoms with E-state index in [1.807, 2.05) is 0 Å². The number of fused-ring (bicyclic) bond motifs is 1. The molecule has 29 heavy (non-hydrogen) atoms. The average molecular weight is 422 g/mol. The summed E-state index contributed by atoms with van der Waals surface area (Å²) in [5.74, 6) is -0.824. The van der Waals surface area contributed by atoms with Crippen LogP contribution in [0.2, 0.25) is 0 Å². The molecule has 0 saturated carbocycles. The van der Waals surface area contributed by atoms with E-state index >= 15 is 0 Å². The molecular formula is C18H18N2O8S. The molecule has 11 heteroatoms. The van der Waals surface area contributed by atoms with Crippen LogP contribution >= 0.6 is 0 Å². The van der Waals surface area contributed by atoms with Gasteiger partial charge >= 0.3 is 5.97 Å². The summed E-state index contributed by atoms with van der Waals surface area (Å²) in [7, 11) is -1.16. The first kappa shape index (κ1) is 20.3. The molecule has 0 unspecified atom stereocenters. The molecule has 1 amide bonds. The number of aliphatic carboxylic acids is 1.